The molecule has 0 fully saturated rings. The molecule has 0 aliphatic carbocycles. The zero-order valence-electron chi connectivity index (χ0n) is 12.3. The fourth-order valence-electron chi connectivity index (χ4n) is 2.63. The predicted octanol–water partition coefficient (Wildman–Crippen LogP) is 2.12. The van der Waals surface area contributed by atoms with Gasteiger partial charge in [-0.3, -0.25) is 9.20 Å². The minimum atomic E-state index is -5.03. The zero-order valence-corrected chi connectivity index (χ0v) is 12.3. The van der Waals surface area contributed by atoms with Gasteiger partial charge in [-0.1, -0.05) is 6.07 Å². The van der Waals surface area contributed by atoms with Gasteiger partial charge in [-0.25, -0.2) is 4.98 Å². The standard InChI is InChI=1S/C14H13F3N4O2/c1-8-7-13(23,14(15,16)17)21(19-8)12(22)11-9(2)18-10-5-3-4-6-20(10)11/h3-6,23H,7H2,1-2H3/t13-/m0/s1. The molecular weight excluding hydrogens is 313 g/mol. The highest BCUT2D eigenvalue weighted by molar-refractivity contribution is 5.98. The minimum Gasteiger partial charge on any atom is -0.362 e. The summed E-state index contributed by atoms with van der Waals surface area (Å²) in [5.74, 6) is -1.06. The second-order valence-electron chi connectivity index (χ2n) is 5.42. The van der Waals surface area contributed by atoms with Crippen LogP contribution >= 0.6 is 0 Å². The minimum absolute atomic E-state index is 0.0182. The van der Waals surface area contributed by atoms with Gasteiger partial charge in [0.1, 0.15) is 11.3 Å². The first-order valence-electron chi connectivity index (χ1n) is 6.76. The molecule has 3 heterocycles. The first-order chi connectivity index (χ1) is 10.6. The number of aliphatic hydroxyl groups is 1. The average molecular weight is 326 g/mol. The Kier molecular flexibility index (Phi) is 3.22. The molecule has 1 aliphatic heterocycles. The number of amides is 1. The molecule has 3 rings (SSSR count). The van der Waals surface area contributed by atoms with Gasteiger partial charge in [0.05, 0.1) is 5.69 Å². The summed E-state index contributed by atoms with van der Waals surface area (Å²) >= 11 is 0. The quantitative estimate of drug-likeness (QED) is 0.872. The average Bonchev–Trinajstić information content (AvgIpc) is 2.94. The van der Waals surface area contributed by atoms with E-state index >= 15 is 0 Å². The molecule has 122 valence electrons. The van der Waals surface area contributed by atoms with Crippen LogP contribution in [0.5, 0.6) is 0 Å². The van der Waals surface area contributed by atoms with Gasteiger partial charge in [-0.2, -0.15) is 23.3 Å². The second-order valence-corrected chi connectivity index (χ2v) is 5.42. The van der Waals surface area contributed by atoms with E-state index in [9.17, 15) is 23.1 Å². The number of alkyl halides is 3. The highest BCUT2D eigenvalue weighted by atomic mass is 19.4. The third-order valence-corrected chi connectivity index (χ3v) is 3.68. The summed E-state index contributed by atoms with van der Waals surface area (Å²) < 4.78 is 41.1. The molecule has 0 bridgehead atoms. The SMILES string of the molecule is CC1=NN(C(=O)c2c(C)nc3ccccn23)[C@@](O)(C(F)(F)F)C1. The molecule has 0 saturated carbocycles. The molecule has 6 nitrogen and oxygen atoms in total. The number of hydrogen-bond acceptors (Lipinski definition) is 4. The molecule has 23 heavy (non-hydrogen) atoms. The highest BCUT2D eigenvalue weighted by Gasteiger charge is 2.63. The number of hydrogen-bond donors (Lipinski definition) is 1. The van der Waals surface area contributed by atoms with E-state index in [4.69, 9.17) is 0 Å². The maximum absolute atomic E-state index is 13.2. The highest BCUT2D eigenvalue weighted by Crippen LogP contribution is 2.41. The van der Waals surface area contributed by atoms with Gasteiger partial charge in [-0.15, -0.1) is 0 Å². The van der Waals surface area contributed by atoms with Crippen LogP contribution in [0.4, 0.5) is 13.2 Å². The van der Waals surface area contributed by atoms with Crippen LogP contribution in [0.2, 0.25) is 0 Å². The molecule has 2 aromatic heterocycles. The molecule has 0 unspecified atom stereocenters. The van der Waals surface area contributed by atoms with Crippen molar-refractivity contribution in [3.05, 3.63) is 35.8 Å². The van der Waals surface area contributed by atoms with E-state index in [-0.39, 0.29) is 22.1 Å². The van der Waals surface area contributed by atoms with Crippen molar-refractivity contribution >= 4 is 17.3 Å². The van der Waals surface area contributed by atoms with Gasteiger partial charge >= 0.3 is 6.18 Å². The fraction of sp³-hybridized carbons (Fsp3) is 0.357. The van der Waals surface area contributed by atoms with Crippen LogP contribution < -0.4 is 0 Å². The third kappa shape index (κ3) is 2.19. The van der Waals surface area contributed by atoms with E-state index in [1.807, 2.05) is 0 Å². The molecule has 0 aromatic carbocycles. The maximum Gasteiger partial charge on any atom is 0.438 e. The Morgan fingerprint density at radius 3 is 2.70 bits per heavy atom. The molecule has 0 saturated heterocycles. The van der Waals surface area contributed by atoms with Crippen molar-refractivity contribution in [1.82, 2.24) is 14.4 Å². The number of aromatic nitrogens is 2. The summed E-state index contributed by atoms with van der Waals surface area (Å²) in [4.78, 5) is 16.8. The number of imidazole rings is 1. The van der Waals surface area contributed by atoms with E-state index in [0.717, 1.165) is 0 Å². The first kappa shape index (κ1) is 15.5. The lowest BCUT2D eigenvalue weighted by Gasteiger charge is -2.32. The number of fused-ring (bicyclic) bond motifs is 1. The van der Waals surface area contributed by atoms with Crippen molar-refractivity contribution in [2.45, 2.75) is 32.2 Å². The molecule has 1 atom stereocenters. The molecule has 0 spiro atoms. The Bertz CT molecular complexity index is 827. The van der Waals surface area contributed by atoms with Gasteiger partial charge in [0.15, 0.2) is 0 Å². The topological polar surface area (TPSA) is 70.2 Å². The summed E-state index contributed by atoms with van der Waals surface area (Å²) in [5, 5.41) is 13.7. The van der Waals surface area contributed by atoms with Crippen LogP contribution in [0.25, 0.3) is 5.65 Å². The summed E-state index contributed by atoms with van der Waals surface area (Å²) in [7, 11) is 0. The van der Waals surface area contributed by atoms with Crippen LogP contribution in [0.1, 0.15) is 29.5 Å². The van der Waals surface area contributed by atoms with Gasteiger partial charge in [-0.05, 0) is 26.0 Å². The lowest BCUT2D eigenvalue weighted by Crippen LogP contribution is -2.56. The maximum atomic E-state index is 13.2. The summed E-state index contributed by atoms with van der Waals surface area (Å²) in [6, 6.07) is 4.94. The first-order valence-corrected chi connectivity index (χ1v) is 6.76. The molecule has 0 radical (unpaired) electrons. The number of nitrogens with zero attached hydrogens (tertiary/aromatic N) is 4. The molecule has 9 heteroatoms. The van der Waals surface area contributed by atoms with Crippen molar-refractivity contribution in [2.75, 3.05) is 0 Å². The van der Waals surface area contributed by atoms with Crippen molar-refractivity contribution in [1.29, 1.82) is 0 Å². The smallest absolute Gasteiger partial charge is 0.362 e. The number of carbonyl (C=O) groups is 1. The van der Waals surface area contributed by atoms with Crippen LogP contribution in [0.3, 0.4) is 0 Å². The monoisotopic (exact) mass is 326 g/mol. The van der Waals surface area contributed by atoms with Gasteiger partial charge in [0.25, 0.3) is 11.6 Å². The Morgan fingerprint density at radius 1 is 1.35 bits per heavy atom. The molecular formula is C14H13F3N4O2. The Morgan fingerprint density at radius 2 is 2.04 bits per heavy atom. The normalized spacial score (nSPS) is 21.8. The molecule has 2 aromatic rings. The Balaban J connectivity index is 2.13. The number of carbonyl (C=O) groups excluding carboxylic acids is 1. The lowest BCUT2D eigenvalue weighted by atomic mass is 10.1. The van der Waals surface area contributed by atoms with Gasteiger partial charge < -0.3 is 5.11 Å². The fourth-order valence-corrected chi connectivity index (χ4v) is 2.63. The van der Waals surface area contributed by atoms with Crippen molar-refractivity contribution in [2.24, 2.45) is 5.10 Å². The van der Waals surface area contributed by atoms with E-state index in [1.54, 1.807) is 18.2 Å². The van der Waals surface area contributed by atoms with Crippen LogP contribution in [-0.4, -0.2) is 43.0 Å². The predicted molar refractivity (Wildman–Crippen MR) is 74.8 cm³/mol. The number of pyridine rings is 1. The lowest BCUT2D eigenvalue weighted by molar-refractivity contribution is -0.297. The van der Waals surface area contributed by atoms with Gasteiger partial charge in [0, 0.05) is 18.3 Å². The van der Waals surface area contributed by atoms with Crippen LogP contribution in [0.15, 0.2) is 29.5 Å². The summed E-state index contributed by atoms with van der Waals surface area (Å²) in [5.41, 5.74) is -2.72. The van der Waals surface area contributed by atoms with Crippen LogP contribution in [-0.2, 0) is 0 Å². The number of hydrazone groups is 1. The molecule has 1 N–H and O–H groups in total. The van der Waals surface area contributed by atoms with E-state index in [0.29, 0.717) is 5.65 Å². The number of aryl methyl sites for hydroxylation is 1. The Hall–Kier alpha value is -2.42. The largest absolute Gasteiger partial charge is 0.438 e. The van der Waals surface area contributed by atoms with Crippen molar-refractivity contribution < 1.29 is 23.1 Å². The van der Waals surface area contributed by atoms with Gasteiger partial charge in [0.2, 0.25) is 0 Å². The van der Waals surface area contributed by atoms with E-state index in [2.05, 4.69) is 10.1 Å². The Labute approximate surface area is 128 Å². The number of rotatable bonds is 1. The van der Waals surface area contributed by atoms with Crippen molar-refractivity contribution in [3.63, 3.8) is 0 Å². The van der Waals surface area contributed by atoms with Crippen LogP contribution in [0, 0.1) is 6.92 Å². The summed E-state index contributed by atoms with van der Waals surface area (Å²) in [6.07, 6.45) is -4.29. The second kappa shape index (κ2) is 4.79. The van der Waals surface area contributed by atoms with E-state index < -0.39 is 24.2 Å². The third-order valence-electron chi connectivity index (χ3n) is 3.68. The van der Waals surface area contributed by atoms with Crippen molar-refractivity contribution in [3.8, 4) is 0 Å². The summed E-state index contributed by atoms with van der Waals surface area (Å²) in [6.45, 7) is 2.84. The van der Waals surface area contributed by atoms with E-state index in [1.165, 1.54) is 24.4 Å². The zero-order chi connectivity index (χ0) is 17.0. The molecule has 1 aliphatic rings. The number of halogens is 3. The molecule has 1 amide bonds.